The molecule has 0 saturated heterocycles. The molecule has 0 bridgehead atoms. The Morgan fingerprint density at radius 2 is 1.83 bits per heavy atom. The van der Waals surface area contributed by atoms with Crippen molar-refractivity contribution in [3.8, 4) is 6.07 Å². The quantitative estimate of drug-likeness (QED) is 0.897. The summed E-state index contributed by atoms with van der Waals surface area (Å²) in [6.07, 6.45) is 0.951. The lowest BCUT2D eigenvalue weighted by molar-refractivity contribution is -0.114. The molecule has 2 rings (SSSR count). The number of hydrogen-bond donors (Lipinski definition) is 1. The molecule has 1 N–H and O–H groups in total. The minimum absolute atomic E-state index is 0.122. The summed E-state index contributed by atoms with van der Waals surface area (Å²) in [5.41, 5.74) is 0.595. The second-order valence-corrected chi connectivity index (χ2v) is 6.86. The van der Waals surface area contributed by atoms with Gasteiger partial charge in [0.05, 0.1) is 17.5 Å². The van der Waals surface area contributed by atoms with Gasteiger partial charge in [-0.25, -0.2) is 12.8 Å². The minimum Gasteiger partial charge on any atom is -0.325 e. The van der Waals surface area contributed by atoms with Gasteiger partial charge in [0.1, 0.15) is 18.4 Å². The first-order valence-corrected chi connectivity index (χ1v) is 8.68. The zero-order valence-electron chi connectivity index (χ0n) is 12.7. The van der Waals surface area contributed by atoms with Crippen LogP contribution in [0, 0.1) is 17.1 Å². The topological polar surface area (TPSA) is 90.3 Å². The zero-order chi connectivity index (χ0) is 17.7. The largest absolute Gasteiger partial charge is 0.325 e. The van der Waals surface area contributed by atoms with Gasteiger partial charge in [0.15, 0.2) is 0 Å². The molecule has 8 heteroatoms. The molecule has 0 atom stereocenters. The molecule has 1 amide bonds. The molecule has 0 spiro atoms. The number of nitrogens with zero attached hydrogens (tertiary/aromatic N) is 2. The van der Waals surface area contributed by atoms with Gasteiger partial charge in [-0.2, -0.15) is 5.26 Å². The van der Waals surface area contributed by atoms with Gasteiger partial charge in [0.2, 0.25) is 15.9 Å². The van der Waals surface area contributed by atoms with E-state index >= 15 is 0 Å². The van der Waals surface area contributed by atoms with Crippen LogP contribution in [0.2, 0.25) is 0 Å². The van der Waals surface area contributed by atoms with Crippen molar-refractivity contribution >= 4 is 27.3 Å². The maximum absolute atomic E-state index is 12.9. The number of rotatable bonds is 5. The van der Waals surface area contributed by atoms with Crippen LogP contribution in [-0.2, 0) is 14.8 Å². The Morgan fingerprint density at radius 3 is 2.42 bits per heavy atom. The van der Waals surface area contributed by atoms with Crippen LogP contribution >= 0.6 is 0 Å². The number of anilines is 2. The summed E-state index contributed by atoms with van der Waals surface area (Å²) in [6, 6.07) is 13.1. The van der Waals surface area contributed by atoms with Crippen molar-refractivity contribution in [2.45, 2.75) is 0 Å². The summed E-state index contributed by atoms with van der Waals surface area (Å²) >= 11 is 0. The molecule has 0 unspecified atom stereocenters. The van der Waals surface area contributed by atoms with Gasteiger partial charge >= 0.3 is 0 Å². The number of sulfonamides is 1. The van der Waals surface area contributed by atoms with Crippen molar-refractivity contribution in [3.05, 3.63) is 59.9 Å². The van der Waals surface area contributed by atoms with Crippen molar-refractivity contribution in [1.29, 1.82) is 5.26 Å². The third kappa shape index (κ3) is 4.30. The molecule has 0 aliphatic heterocycles. The molecule has 124 valence electrons. The van der Waals surface area contributed by atoms with E-state index in [-0.39, 0.29) is 11.3 Å². The van der Waals surface area contributed by atoms with Gasteiger partial charge < -0.3 is 5.32 Å². The van der Waals surface area contributed by atoms with E-state index in [4.69, 9.17) is 5.26 Å². The van der Waals surface area contributed by atoms with Crippen molar-refractivity contribution in [2.75, 3.05) is 22.4 Å². The third-order valence-electron chi connectivity index (χ3n) is 3.11. The molecule has 0 saturated carbocycles. The summed E-state index contributed by atoms with van der Waals surface area (Å²) in [5.74, 6) is -1.06. The second-order valence-electron chi connectivity index (χ2n) is 4.95. The molecule has 0 aromatic heterocycles. The Hall–Kier alpha value is -2.92. The Balaban J connectivity index is 2.25. The first kappa shape index (κ1) is 17.4. The van der Waals surface area contributed by atoms with Gasteiger partial charge in [-0.05, 0) is 36.4 Å². The zero-order valence-corrected chi connectivity index (χ0v) is 13.5. The molecule has 0 aliphatic carbocycles. The highest BCUT2D eigenvalue weighted by atomic mass is 32.2. The molecular weight excluding hydrogens is 333 g/mol. The molecule has 0 radical (unpaired) electrons. The average molecular weight is 347 g/mol. The number of carbonyl (C=O) groups is 1. The SMILES string of the molecule is CS(=O)(=O)N(CC(=O)Nc1ccc(F)cc1)c1ccccc1C#N. The number of hydrogen-bond acceptors (Lipinski definition) is 4. The van der Waals surface area contributed by atoms with Crippen molar-refractivity contribution in [1.82, 2.24) is 0 Å². The highest BCUT2D eigenvalue weighted by Crippen LogP contribution is 2.22. The number of para-hydroxylation sites is 1. The Kier molecular flexibility index (Phi) is 5.16. The van der Waals surface area contributed by atoms with Gasteiger partial charge in [-0.1, -0.05) is 12.1 Å². The van der Waals surface area contributed by atoms with E-state index in [2.05, 4.69) is 5.32 Å². The van der Waals surface area contributed by atoms with Crippen LogP contribution in [0.3, 0.4) is 0 Å². The Labute approximate surface area is 139 Å². The smallest absolute Gasteiger partial charge is 0.245 e. The summed E-state index contributed by atoms with van der Waals surface area (Å²) in [4.78, 5) is 12.1. The Bertz CT molecular complexity index is 890. The normalized spacial score (nSPS) is 10.7. The van der Waals surface area contributed by atoms with Crippen LogP contribution in [-0.4, -0.2) is 27.1 Å². The summed E-state index contributed by atoms with van der Waals surface area (Å²) in [6.45, 7) is -0.505. The highest BCUT2D eigenvalue weighted by molar-refractivity contribution is 7.92. The second kappa shape index (κ2) is 7.10. The minimum atomic E-state index is -3.78. The lowest BCUT2D eigenvalue weighted by Gasteiger charge is -2.22. The number of halogens is 1. The molecule has 0 heterocycles. The summed E-state index contributed by atoms with van der Waals surface area (Å²) in [5, 5.41) is 11.6. The first-order valence-electron chi connectivity index (χ1n) is 6.83. The van der Waals surface area contributed by atoms with Crippen LogP contribution in [0.15, 0.2) is 48.5 Å². The number of nitriles is 1. The predicted molar refractivity (Wildman–Crippen MR) is 88.4 cm³/mol. The maximum Gasteiger partial charge on any atom is 0.245 e. The molecule has 2 aromatic rings. The van der Waals surface area contributed by atoms with E-state index in [9.17, 15) is 17.6 Å². The lowest BCUT2D eigenvalue weighted by atomic mass is 10.2. The molecule has 2 aromatic carbocycles. The van der Waals surface area contributed by atoms with Crippen LogP contribution in [0.25, 0.3) is 0 Å². The molecular formula is C16H14FN3O3S. The lowest BCUT2D eigenvalue weighted by Crippen LogP contribution is -2.37. The van der Waals surface area contributed by atoms with E-state index in [1.54, 1.807) is 12.1 Å². The predicted octanol–water partition coefficient (Wildman–Crippen LogP) is 2.10. The van der Waals surface area contributed by atoms with Gasteiger partial charge in [0, 0.05) is 5.69 Å². The van der Waals surface area contributed by atoms with Gasteiger partial charge in [-0.3, -0.25) is 9.10 Å². The van der Waals surface area contributed by atoms with E-state index in [1.165, 1.54) is 36.4 Å². The third-order valence-corrected chi connectivity index (χ3v) is 4.24. The van der Waals surface area contributed by atoms with E-state index < -0.39 is 28.3 Å². The number of amides is 1. The fourth-order valence-corrected chi connectivity index (χ4v) is 2.90. The molecule has 0 fully saturated rings. The first-order chi connectivity index (χ1) is 11.3. The highest BCUT2D eigenvalue weighted by Gasteiger charge is 2.23. The molecule has 24 heavy (non-hydrogen) atoms. The van der Waals surface area contributed by atoms with Crippen molar-refractivity contribution in [2.24, 2.45) is 0 Å². The monoisotopic (exact) mass is 347 g/mol. The van der Waals surface area contributed by atoms with E-state index in [0.717, 1.165) is 10.6 Å². The maximum atomic E-state index is 12.9. The molecule has 6 nitrogen and oxygen atoms in total. The van der Waals surface area contributed by atoms with Gasteiger partial charge in [-0.15, -0.1) is 0 Å². The van der Waals surface area contributed by atoms with Crippen LogP contribution in [0.5, 0.6) is 0 Å². The fraction of sp³-hybridized carbons (Fsp3) is 0.125. The number of carbonyl (C=O) groups excluding carboxylic acids is 1. The number of nitrogens with one attached hydrogen (secondary N) is 1. The summed E-state index contributed by atoms with van der Waals surface area (Å²) < 4.78 is 37.8. The van der Waals surface area contributed by atoms with Crippen molar-refractivity contribution < 1.29 is 17.6 Å². The number of benzene rings is 2. The van der Waals surface area contributed by atoms with Crippen LogP contribution in [0.1, 0.15) is 5.56 Å². The van der Waals surface area contributed by atoms with E-state index in [1.807, 2.05) is 6.07 Å². The fourth-order valence-electron chi connectivity index (χ4n) is 2.03. The Morgan fingerprint density at radius 1 is 1.21 bits per heavy atom. The van der Waals surface area contributed by atoms with Gasteiger partial charge in [0.25, 0.3) is 0 Å². The standard InChI is InChI=1S/C16H14FN3O3S/c1-24(22,23)20(15-5-3-2-4-12(15)10-18)11-16(21)19-14-8-6-13(17)7-9-14/h2-9H,11H2,1H3,(H,19,21). The van der Waals surface area contributed by atoms with Crippen LogP contribution < -0.4 is 9.62 Å². The van der Waals surface area contributed by atoms with Crippen molar-refractivity contribution in [3.63, 3.8) is 0 Å². The summed E-state index contributed by atoms with van der Waals surface area (Å²) in [7, 11) is -3.78. The molecule has 0 aliphatic rings. The average Bonchev–Trinajstić information content (AvgIpc) is 2.54. The van der Waals surface area contributed by atoms with E-state index in [0.29, 0.717) is 5.69 Å². The van der Waals surface area contributed by atoms with Crippen LogP contribution in [0.4, 0.5) is 15.8 Å².